The number of aromatic nitrogens is 2. The van der Waals surface area contributed by atoms with Crippen molar-refractivity contribution in [2.45, 2.75) is 44.7 Å². The molecule has 0 saturated heterocycles. The topological polar surface area (TPSA) is 55.2 Å². The standard InChI is InChI=1S/C19H22FN3O2/c1-22-18(24)12-11-17(21-22)19(25)23(15-8-3-2-4-9-15)13-14-7-5-6-10-16(14)20/h5-7,10-12,15H,2-4,8-9,13H2,1H3. The summed E-state index contributed by atoms with van der Waals surface area (Å²) in [6.07, 6.45) is 5.10. The number of carbonyl (C=O) groups excluding carboxylic acids is 1. The second-order valence-electron chi connectivity index (χ2n) is 6.50. The molecular weight excluding hydrogens is 321 g/mol. The minimum Gasteiger partial charge on any atom is -0.330 e. The number of hydrogen-bond donors (Lipinski definition) is 0. The van der Waals surface area contributed by atoms with Gasteiger partial charge in [-0.25, -0.2) is 9.07 Å². The number of carbonyl (C=O) groups is 1. The van der Waals surface area contributed by atoms with E-state index in [1.54, 1.807) is 23.1 Å². The van der Waals surface area contributed by atoms with E-state index in [0.29, 0.717) is 5.56 Å². The average Bonchev–Trinajstić information content (AvgIpc) is 2.63. The third-order valence-electron chi connectivity index (χ3n) is 4.75. The van der Waals surface area contributed by atoms with Gasteiger partial charge in [0, 0.05) is 31.3 Å². The lowest BCUT2D eigenvalue weighted by atomic mass is 9.93. The molecule has 1 aromatic carbocycles. The van der Waals surface area contributed by atoms with E-state index >= 15 is 0 Å². The predicted molar refractivity (Wildman–Crippen MR) is 92.6 cm³/mol. The number of benzene rings is 1. The Morgan fingerprint density at radius 3 is 2.60 bits per heavy atom. The van der Waals surface area contributed by atoms with Crippen LogP contribution in [0.1, 0.15) is 48.2 Å². The molecule has 132 valence electrons. The number of nitrogens with zero attached hydrogens (tertiary/aromatic N) is 3. The first-order chi connectivity index (χ1) is 12.1. The lowest BCUT2D eigenvalue weighted by molar-refractivity contribution is 0.0603. The van der Waals surface area contributed by atoms with Crippen LogP contribution in [0.5, 0.6) is 0 Å². The molecule has 5 nitrogen and oxygen atoms in total. The molecule has 0 bridgehead atoms. The smallest absolute Gasteiger partial charge is 0.274 e. The maximum Gasteiger partial charge on any atom is 0.274 e. The maximum absolute atomic E-state index is 14.1. The molecular formula is C19H22FN3O2. The Morgan fingerprint density at radius 1 is 1.20 bits per heavy atom. The monoisotopic (exact) mass is 343 g/mol. The van der Waals surface area contributed by atoms with Crippen molar-refractivity contribution in [3.63, 3.8) is 0 Å². The van der Waals surface area contributed by atoms with Gasteiger partial charge < -0.3 is 4.90 Å². The molecule has 25 heavy (non-hydrogen) atoms. The molecule has 1 saturated carbocycles. The van der Waals surface area contributed by atoms with Crippen LogP contribution in [0, 0.1) is 5.82 Å². The lowest BCUT2D eigenvalue weighted by Gasteiger charge is -2.34. The van der Waals surface area contributed by atoms with Crippen molar-refractivity contribution < 1.29 is 9.18 Å². The highest BCUT2D eigenvalue weighted by Crippen LogP contribution is 2.26. The van der Waals surface area contributed by atoms with Crippen LogP contribution >= 0.6 is 0 Å². The Hall–Kier alpha value is -2.50. The first kappa shape index (κ1) is 17.3. The van der Waals surface area contributed by atoms with Gasteiger partial charge in [0.2, 0.25) is 0 Å². The molecule has 1 heterocycles. The molecule has 2 aromatic rings. The van der Waals surface area contributed by atoms with E-state index in [2.05, 4.69) is 5.10 Å². The van der Waals surface area contributed by atoms with Crippen molar-refractivity contribution in [1.82, 2.24) is 14.7 Å². The van der Waals surface area contributed by atoms with Gasteiger partial charge in [-0.15, -0.1) is 0 Å². The maximum atomic E-state index is 14.1. The Bertz CT molecular complexity index is 812. The third kappa shape index (κ3) is 3.95. The second kappa shape index (κ2) is 7.59. The van der Waals surface area contributed by atoms with E-state index in [1.807, 2.05) is 0 Å². The lowest BCUT2D eigenvalue weighted by Crippen LogP contribution is -2.42. The summed E-state index contributed by atoms with van der Waals surface area (Å²) < 4.78 is 15.2. The minimum atomic E-state index is -0.315. The summed E-state index contributed by atoms with van der Waals surface area (Å²) in [5, 5.41) is 4.07. The molecule has 0 radical (unpaired) electrons. The van der Waals surface area contributed by atoms with E-state index in [9.17, 15) is 14.0 Å². The highest BCUT2D eigenvalue weighted by Gasteiger charge is 2.28. The van der Waals surface area contributed by atoms with Crippen LogP contribution in [-0.2, 0) is 13.6 Å². The third-order valence-corrected chi connectivity index (χ3v) is 4.75. The summed E-state index contributed by atoms with van der Waals surface area (Å²) in [5.74, 6) is -0.574. The Balaban J connectivity index is 1.92. The predicted octanol–water partition coefficient (Wildman–Crippen LogP) is 2.89. The van der Waals surface area contributed by atoms with Crippen LogP contribution in [0.2, 0.25) is 0 Å². The zero-order valence-corrected chi connectivity index (χ0v) is 14.3. The van der Waals surface area contributed by atoms with Crippen molar-refractivity contribution in [3.05, 3.63) is 63.8 Å². The van der Waals surface area contributed by atoms with Crippen molar-refractivity contribution in [3.8, 4) is 0 Å². The molecule has 1 aliphatic carbocycles. The fraction of sp³-hybridized carbons (Fsp3) is 0.421. The van der Waals surface area contributed by atoms with Gasteiger partial charge in [0.15, 0.2) is 0 Å². The van der Waals surface area contributed by atoms with Crippen LogP contribution in [0.25, 0.3) is 0 Å². The number of hydrogen-bond acceptors (Lipinski definition) is 3. The highest BCUT2D eigenvalue weighted by atomic mass is 19.1. The number of halogens is 1. The van der Waals surface area contributed by atoms with Crippen LogP contribution in [-0.4, -0.2) is 26.6 Å². The molecule has 1 aliphatic rings. The normalized spacial score (nSPS) is 15.1. The molecule has 0 spiro atoms. The first-order valence-corrected chi connectivity index (χ1v) is 8.65. The van der Waals surface area contributed by atoms with Crippen molar-refractivity contribution in [2.75, 3.05) is 0 Å². The van der Waals surface area contributed by atoms with Crippen LogP contribution in [0.15, 0.2) is 41.2 Å². The number of rotatable bonds is 4. The SMILES string of the molecule is Cn1nc(C(=O)N(Cc2ccccc2F)C2CCCCC2)ccc1=O. The molecule has 6 heteroatoms. The van der Waals surface area contributed by atoms with E-state index < -0.39 is 0 Å². The Morgan fingerprint density at radius 2 is 1.92 bits per heavy atom. The summed E-state index contributed by atoms with van der Waals surface area (Å²) >= 11 is 0. The van der Waals surface area contributed by atoms with Gasteiger partial charge in [-0.3, -0.25) is 9.59 Å². The van der Waals surface area contributed by atoms with E-state index in [1.165, 1.54) is 25.2 Å². The summed E-state index contributed by atoms with van der Waals surface area (Å²) in [7, 11) is 1.51. The molecule has 1 aromatic heterocycles. The number of amides is 1. The molecule has 1 fully saturated rings. The summed E-state index contributed by atoms with van der Waals surface area (Å²) in [4.78, 5) is 26.3. The molecule has 0 aliphatic heterocycles. The summed E-state index contributed by atoms with van der Waals surface area (Å²) in [5.41, 5.74) is 0.435. The highest BCUT2D eigenvalue weighted by molar-refractivity contribution is 5.92. The van der Waals surface area contributed by atoms with Gasteiger partial charge in [-0.1, -0.05) is 37.5 Å². The Labute approximate surface area is 146 Å². The zero-order valence-electron chi connectivity index (χ0n) is 14.3. The average molecular weight is 343 g/mol. The van der Waals surface area contributed by atoms with Crippen LogP contribution in [0.4, 0.5) is 4.39 Å². The molecule has 0 atom stereocenters. The van der Waals surface area contributed by atoms with Gasteiger partial charge in [0.25, 0.3) is 11.5 Å². The minimum absolute atomic E-state index is 0.0693. The molecule has 1 amide bonds. The quantitative estimate of drug-likeness (QED) is 0.858. The summed E-state index contributed by atoms with van der Waals surface area (Å²) in [6.45, 7) is 0.209. The molecule has 3 rings (SSSR count). The largest absolute Gasteiger partial charge is 0.330 e. The Kier molecular flexibility index (Phi) is 5.26. The fourth-order valence-corrected chi connectivity index (χ4v) is 3.33. The van der Waals surface area contributed by atoms with Gasteiger partial charge in [-0.2, -0.15) is 5.10 Å². The molecule has 0 N–H and O–H groups in total. The second-order valence-corrected chi connectivity index (χ2v) is 6.50. The van der Waals surface area contributed by atoms with Crippen molar-refractivity contribution in [2.24, 2.45) is 7.05 Å². The molecule has 0 unspecified atom stereocenters. The van der Waals surface area contributed by atoms with E-state index in [-0.39, 0.29) is 35.6 Å². The van der Waals surface area contributed by atoms with Crippen molar-refractivity contribution >= 4 is 5.91 Å². The van der Waals surface area contributed by atoms with Crippen LogP contribution < -0.4 is 5.56 Å². The van der Waals surface area contributed by atoms with Gasteiger partial charge in [-0.05, 0) is 25.0 Å². The fourth-order valence-electron chi connectivity index (χ4n) is 3.33. The zero-order chi connectivity index (χ0) is 17.8. The summed E-state index contributed by atoms with van der Waals surface area (Å²) in [6, 6.07) is 9.37. The first-order valence-electron chi connectivity index (χ1n) is 8.65. The van der Waals surface area contributed by atoms with E-state index in [0.717, 1.165) is 36.8 Å². The number of aryl methyl sites for hydroxylation is 1. The van der Waals surface area contributed by atoms with Gasteiger partial charge in [0.1, 0.15) is 11.5 Å². The van der Waals surface area contributed by atoms with Crippen LogP contribution in [0.3, 0.4) is 0 Å². The van der Waals surface area contributed by atoms with Gasteiger partial charge >= 0.3 is 0 Å². The van der Waals surface area contributed by atoms with E-state index in [4.69, 9.17) is 0 Å². The van der Waals surface area contributed by atoms with Crippen molar-refractivity contribution in [1.29, 1.82) is 0 Å². The van der Waals surface area contributed by atoms with Gasteiger partial charge in [0.05, 0.1) is 0 Å².